The van der Waals surface area contributed by atoms with E-state index in [4.69, 9.17) is 9.47 Å². The Morgan fingerprint density at radius 2 is 1.90 bits per heavy atom. The number of morpholine rings is 1. The maximum absolute atomic E-state index is 14.3. The van der Waals surface area contributed by atoms with Gasteiger partial charge in [0.1, 0.15) is 16.5 Å². The second kappa shape index (κ2) is 9.76. The van der Waals surface area contributed by atoms with Crippen molar-refractivity contribution in [2.45, 2.75) is 31.6 Å². The zero-order chi connectivity index (χ0) is 22.6. The predicted molar refractivity (Wildman–Crippen MR) is 115 cm³/mol. The van der Waals surface area contributed by atoms with E-state index in [-0.39, 0.29) is 44.5 Å². The highest BCUT2D eigenvalue weighted by atomic mass is 32.2. The second-order valence-electron chi connectivity index (χ2n) is 7.69. The summed E-state index contributed by atoms with van der Waals surface area (Å²) in [5.41, 5.74) is 2.17. The lowest BCUT2D eigenvalue weighted by Crippen LogP contribution is -2.40. The summed E-state index contributed by atoms with van der Waals surface area (Å²) in [6, 6.07) is 9.30. The number of nitrogens with one attached hydrogen (secondary N) is 1. The quantitative estimate of drug-likeness (QED) is 0.700. The molecule has 2 aromatic carbocycles. The van der Waals surface area contributed by atoms with Gasteiger partial charge in [-0.3, -0.25) is 4.79 Å². The summed E-state index contributed by atoms with van der Waals surface area (Å²) in [7, 11) is -4.03. The maximum atomic E-state index is 14.3. The van der Waals surface area contributed by atoms with Crippen LogP contribution in [0.1, 0.15) is 30.9 Å². The molecule has 9 heteroatoms. The number of benzene rings is 2. The van der Waals surface area contributed by atoms with Gasteiger partial charge in [0.25, 0.3) is 5.91 Å². The Morgan fingerprint density at radius 1 is 1.19 bits per heavy atom. The normalized spacial score (nSPS) is 15.1. The number of hydrogen-bond donors (Lipinski definition) is 1. The molecule has 0 radical (unpaired) electrons. The highest BCUT2D eigenvalue weighted by Crippen LogP contribution is 2.28. The standard InChI is InChI=1S/C22H27FN2O5S/c1-15(2)18-6-4-16(3)12-20(18)30-14-22(26)24-17-5-7-19(23)21(13-17)31(27,28)25-8-10-29-11-9-25/h4-7,12-13,15H,8-11,14H2,1-3H3,(H,24,26). The maximum Gasteiger partial charge on any atom is 0.262 e. The Morgan fingerprint density at radius 3 is 2.58 bits per heavy atom. The first-order chi connectivity index (χ1) is 14.7. The van der Waals surface area contributed by atoms with Crippen LogP contribution in [0.15, 0.2) is 41.3 Å². The van der Waals surface area contributed by atoms with E-state index in [1.54, 1.807) is 0 Å². The van der Waals surface area contributed by atoms with Crippen molar-refractivity contribution < 1.29 is 27.1 Å². The van der Waals surface area contributed by atoms with Crippen molar-refractivity contribution >= 4 is 21.6 Å². The summed E-state index contributed by atoms with van der Waals surface area (Å²) in [5.74, 6) is -0.497. The average molecular weight is 451 g/mol. The Hall–Kier alpha value is -2.49. The smallest absolute Gasteiger partial charge is 0.262 e. The Kier molecular flexibility index (Phi) is 7.30. The molecule has 1 N–H and O–H groups in total. The van der Waals surface area contributed by atoms with Crippen molar-refractivity contribution in [1.29, 1.82) is 0 Å². The van der Waals surface area contributed by atoms with E-state index < -0.39 is 26.6 Å². The molecule has 2 aromatic rings. The molecular formula is C22H27FN2O5S. The fourth-order valence-corrected chi connectivity index (χ4v) is 4.79. The third kappa shape index (κ3) is 5.61. The van der Waals surface area contributed by atoms with Gasteiger partial charge in [0.2, 0.25) is 10.0 Å². The van der Waals surface area contributed by atoms with Crippen LogP contribution in [-0.2, 0) is 19.6 Å². The molecule has 0 unspecified atom stereocenters. The molecule has 1 fully saturated rings. The van der Waals surface area contributed by atoms with Gasteiger partial charge in [-0.2, -0.15) is 4.31 Å². The predicted octanol–water partition coefficient (Wildman–Crippen LogP) is 3.30. The molecule has 0 bridgehead atoms. The first kappa shape index (κ1) is 23.2. The molecule has 0 saturated carbocycles. The molecule has 1 saturated heterocycles. The van der Waals surface area contributed by atoms with Gasteiger partial charge in [0.15, 0.2) is 6.61 Å². The van der Waals surface area contributed by atoms with E-state index in [9.17, 15) is 17.6 Å². The molecule has 7 nitrogen and oxygen atoms in total. The number of ether oxygens (including phenoxy) is 2. The summed E-state index contributed by atoms with van der Waals surface area (Å²) in [4.78, 5) is 11.9. The molecule has 1 aliphatic rings. The second-order valence-corrected chi connectivity index (χ2v) is 9.60. The molecule has 1 heterocycles. The number of hydrogen-bond acceptors (Lipinski definition) is 5. The van der Waals surface area contributed by atoms with Crippen molar-refractivity contribution in [2.24, 2.45) is 0 Å². The average Bonchev–Trinajstić information content (AvgIpc) is 2.74. The van der Waals surface area contributed by atoms with Crippen LogP contribution in [0, 0.1) is 12.7 Å². The van der Waals surface area contributed by atoms with Crippen molar-refractivity contribution in [3.05, 3.63) is 53.3 Å². The molecule has 168 valence electrons. The zero-order valence-electron chi connectivity index (χ0n) is 17.9. The van der Waals surface area contributed by atoms with Crippen LogP contribution in [0.5, 0.6) is 5.75 Å². The molecule has 1 aliphatic heterocycles. The number of anilines is 1. The Labute approximate surface area is 182 Å². The minimum Gasteiger partial charge on any atom is -0.483 e. The van der Waals surface area contributed by atoms with Crippen molar-refractivity contribution in [1.82, 2.24) is 4.31 Å². The highest BCUT2D eigenvalue weighted by Gasteiger charge is 2.29. The molecule has 1 amide bonds. The van der Waals surface area contributed by atoms with Crippen LogP contribution in [-0.4, -0.2) is 51.5 Å². The van der Waals surface area contributed by atoms with Crippen LogP contribution < -0.4 is 10.1 Å². The number of aryl methyl sites for hydroxylation is 1. The van der Waals surface area contributed by atoms with Crippen LogP contribution >= 0.6 is 0 Å². The van der Waals surface area contributed by atoms with Gasteiger partial charge < -0.3 is 14.8 Å². The van der Waals surface area contributed by atoms with E-state index in [2.05, 4.69) is 5.32 Å². The van der Waals surface area contributed by atoms with Gasteiger partial charge in [-0.25, -0.2) is 12.8 Å². The minimum atomic E-state index is -4.03. The topological polar surface area (TPSA) is 84.9 Å². The molecule has 31 heavy (non-hydrogen) atoms. The highest BCUT2D eigenvalue weighted by molar-refractivity contribution is 7.89. The van der Waals surface area contributed by atoms with Crippen LogP contribution in [0.25, 0.3) is 0 Å². The third-order valence-corrected chi connectivity index (χ3v) is 6.87. The molecule has 0 spiro atoms. The molecule has 0 atom stereocenters. The van der Waals surface area contributed by atoms with Crippen LogP contribution in [0.4, 0.5) is 10.1 Å². The van der Waals surface area contributed by atoms with E-state index >= 15 is 0 Å². The van der Waals surface area contributed by atoms with Gasteiger partial charge in [-0.05, 0) is 48.2 Å². The Balaban J connectivity index is 1.71. The van der Waals surface area contributed by atoms with Gasteiger partial charge in [-0.15, -0.1) is 0 Å². The molecular weight excluding hydrogens is 423 g/mol. The molecule has 0 aliphatic carbocycles. The van der Waals surface area contributed by atoms with E-state index in [1.807, 2.05) is 39.0 Å². The number of rotatable bonds is 7. The summed E-state index contributed by atoms with van der Waals surface area (Å²) in [5, 5.41) is 2.58. The van der Waals surface area contributed by atoms with Gasteiger partial charge in [0, 0.05) is 18.8 Å². The minimum absolute atomic E-state index is 0.154. The van der Waals surface area contributed by atoms with Crippen molar-refractivity contribution in [2.75, 3.05) is 38.2 Å². The summed E-state index contributed by atoms with van der Waals surface area (Å²) >= 11 is 0. The lowest BCUT2D eigenvalue weighted by atomic mass is 10.0. The molecule has 0 aromatic heterocycles. The van der Waals surface area contributed by atoms with Gasteiger partial charge in [-0.1, -0.05) is 26.0 Å². The summed E-state index contributed by atoms with van der Waals surface area (Å²) < 4.78 is 51.9. The van der Waals surface area contributed by atoms with Crippen LogP contribution in [0.2, 0.25) is 0 Å². The lowest BCUT2D eigenvalue weighted by molar-refractivity contribution is -0.118. The largest absolute Gasteiger partial charge is 0.483 e. The SMILES string of the molecule is Cc1ccc(C(C)C)c(OCC(=O)Nc2ccc(F)c(S(=O)(=O)N3CCOCC3)c2)c1. The lowest BCUT2D eigenvalue weighted by Gasteiger charge is -2.26. The number of nitrogens with zero attached hydrogens (tertiary/aromatic N) is 1. The van der Waals surface area contributed by atoms with Gasteiger partial charge in [0.05, 0.1) is 13.2 Å². The van der Waals surface area contributed by atoms with Crippen LogP contribution in [0.3, 0.4) is 0 Å². The number of carbonyl (C=O) groups is 1. The number of carbonyl (C=O) groups excluding carboxylic acids is 1. The van der Waals surface area contributed by atoms with E-state index in [0.717, 1.165) is 23.3 Å². The first-order valence-corrected chi connectivity index (χ1v) is 11.5. The zero-order valence-corrected chi connectivity index (χ0v) is 18.7. The number of amides is 1. The summed E-state index contributed by atoms with van der Waals surface area (Å²) in [6.07, 6.45) is 0. The number of sulfonamides is 1. The van der Waals surface area contributed by atoms with Crippen molar-refractivity contribution in [3.8, 4) is 5.75 Å². The fraction of sp³-hybridized carbons (Fsp3) is 0.409. The van der Waals surface area contributed by atoms with E-state index in [0.29, 0.717) is 5.75 Å². The fourth-order valence-electron chi connectivity index (χ4n) is 3.29. The Bertz CT molecular complexity index is 1050. The summed E-state index contributed by atoms with van der Waals surface area (Å²) in [6.45, 7) is 6.57. The van der Waals surface area contributed by atoms with Gasteiger partial charge >= 0.3 is 0 Å². The number of halogens is 1. The monoisotopic (exact) mass is 450 g/mol. The van der Waals surface area contributed by atoms with Crippen molar-refractivity contribution in [3.63, 3.8) is 0 Å². The molecule has 3 rings (SSSR count). The van der Waals surface area contributed by atoms with E-state index in [1.165, 1.54) is 10.4 Å². The first-order valence-electron chi connectivity index (χ1n) is 10.1. The third-order valence-electron chi connectivity index (χ3n) is 4.95.